The lowest BCUT2D eigenvalue weighted by Gasteiger charge is -2.09. The van der Waals surface area contributed by atoms with Gasteiger partial charge in [0.1, 0.15) is 0 Å². The molecule has 7 heteroatoms. The monoisotopic (exact) mass is 349 g/mol. The molecular formula is C14H16BrN5O. The molecule has 1 aromatic heterocycles. The Hall–Kier alpha value is -1.76. The maximum atomic E-state index is 11.8. The maximum Gasteiger partial charge on any atom is 0.238 e. The summed E-state index contributed by atoms with van der Waals surface area (Å²) in [5.74, 6) is 0.746. The van der Waals surface area contributed by atoms with E-state index in [1.165, 1.54) is 0 Å². The Balaban J connectivity index is 1.75. The fraction of sp³-hybridized carbons (Fsp3) is 0.429. The minimum Gasteiger partial charge on any atom is -0.325 e. The second-order valence-electron chi connectivity index (χ2n) is 5.12. The molecule has 1 saturated carbocycles. The fourth-order valence-electron chi connectivity index (χ4n) is 2.06. The van der Waals surface area contributed by atoms with E-state index in [1.54, 1.807) is 0 Å². The van der Waals surface area contributed by atoms with Crippen molar-refractivity contribution < 1.29 is 4.79 Å². The number of hydrogen-bond donors (Lipinski definition) is 1. The summed E-state index contributed by atoms with van der Waals surface area (Å²) in [6, 6.07) is 8.03. The average Bonchev–Trinajstić information content (AvgIpc) is 3.24. The number of alkyl halides is 1. The van der Waals surface area contributed by atoms with E-state index < -0.39 is 0 Å². The van der Waals surface area contributed by atoms with Crippen molar-refractivity contribution in [2.24, 2.45) is 0 Å². The van der Waals surface area contributed by atoms with Crippen LogP contribution >= 0.6 is 15.9 Å². The van der Waals surface area contributed by atoms with Gasteiger partial charge in [0.2, 0.25) is 5.91 Å². The molecule has 1 aliphatic rings. The largest absolute Gasteiger partial charge is 0.325 e. The molecule has 1 aromatic carbocycles. The van der Waals surface area contributed by atoms with Gasteiger partial charge in [-0.05, 0) is 54.0 Å². The molecule has 21 heavy (non-hydrogen) atoms. The first-order valence-corrected chi connectivity index (χ1v) is 7.94. The third-order valence-corrected chi connectivity index (χ3v) is 4.50. The molecule has 1 unspecified atom stereocenters. The van der Waals surface area contributed by atoms with Crippen LogP contribution in [0, 0.1) is 0 Å². The summed E-state index contributed by atoms with van der Waals surface area (Å²) in [7, 11) is 0. The summed E-state index contributed by atoms with van der Waals surface area (Å²) in [4.78, 5) is 11.6. The summed E-state index contributed by atoms with van der Waals surface area (Å²) < 4.78 is 1.87. The van der Waals surface area contributed by atoms with Crippen LogP contribution in [0.4, 0.5) is 5.69 Å². The first-order valence-electron chi connectivity index (χ1n) is 7.02. The fourth-order valence-corrected chi connectivity index (χ4v) is 2.17. The van der Waals surface area contributed by atoms with E-state index in [2.05, 4.69) is 36.8 Å². The van der Waals surface area contributed by atoms with Crippen molar-refractivity contribution in [2.45, 2.75) is 37.1 Å². The summed E-state index contributed by atoms with van der Waals surface area (Å²) in [5, 5.41) is 14.7. The molecule has 3 rings (SSSR count). The molecule has 0 spiro atoms. The van der Waals surface area contributed by atoms with Crippen molar-refractivity contribution in [3.05, 3.63) is 24.3 Å². The predicted molar refractivity (Wildman–Crippen MR) is 83.2 cm³/mol. The summed E-state index contributed by atoms with van der Waals surface area (Å²) >= 11 is 3.34. The van der Waals surface area contributed by atoms with Crippen LogP contribution in [0.3, 0.4) is 0 Å². The molecule has 1 fully saturated rings. The van der Waals surface area contributed by atoms with Crippen LogP contribution in [-0.4, -0.2) is 30.9 Å². The maximum absolute atomic E-state index is 11.8. The lowest BCUT2D eigenvalue weighted by molar-refractivity contribution is -0.115. The molecule has 110 valence electrons. The zero-order valence-corrected chi connectivity index (χ0v) is 13.2. The number of carbonyl (C=O) groups excluding carboxylic acids is 1. The second kappa shape index (κ2) is 5.93. The minimum atomic E-state index is -0.167. The molecule has 1 amide bonds. The predicted octanol–water partition coefficient (Wildman–Crippen LogP) is 2.79. The number of nitrogens with zero attached hydrogens (tertiary/aromatic N) is 4. The molecule has 0 saturated heterocycles. The van der Waals surface area contributed by atoms with Gasteiger partial charge in [0, 0.05) is 11.3 Å². The van der Waals surface area contributed by atoms with Gasteiger partial charge in [-0.1, -0.05) is 22.9 Å². The highest BCUT2D eigenvalue weighted by Crippen LogP contribution is 2.36. The summed E-state index contributed by atoms with van der Waals surface area (Å²) in [5.41, 5.74) is 1.72. The Kier molecular flexibility index (Phi) is 4.01. The van der Waals surface area contributed by atoms with Gasteiger partial charge in [-0.25, -0.2) is 4.68 Å². The van der Waals surface area contributed by atoms with Gasteiger partial charge in [0.25, 0.3) is 0 Å². The van der Waals surface area contributed by atoms with Crippen molar-refractivity contribution in [1.82, 2.24) is 20.2 Å². The minimum absolute atomic E-state index is 0.0342. The zero-order valence-electron chi connectivity index (χ0n) is 11.7. The number of anilines is 1. The number of rotatable bonds is 5. The number of halogens is 1. The van der Waals surface area contributed by atoms with Gasteiger partial charge in [0.05, 0.1) is 10.9 Å². The van der Waals surface area contributed by atoms with Gasteiger partial charge in [-0.15, -0.1) is 5.10 Å². The number of amides is 1. The third kappa shape index (κ3) is 3.12. The van der Waals surface area contributed by atoms with Gasteiger partial charge in [-0.2, -0.15) is 0 Å². The van der Waals surface area contributed by atoms with Crippen molar-refractivity contribution in [3.8, 4) is 11.4 Å². The number of aromatic nitrogens is 4. The van der Waals surface area contributed by atoms with Gasteiger partial charge in [-0.3, -0.25) is 4.79 Å². The first-order chi connectivity index (χ1) is 10.2. The smallest absolute Gasteiger partial charge is 0.238 e. The Morgan fingerprint density at radius 2 is 2.14 bits per heavy atom. The SMILES string of the molecule is CCC(Br)C(=O)Nc1ccc(-c2nnnn2C2CC2)cc1. The van der Waals surface area contributed by atoms with Gasteiger partial charge >= 0.3 is 0 Å². The van der Waals surface area contributed by atoms with Crippen molar-refractivity contribution in [1.29, 1.82) is 0 Å². The summed E-state index contributed by atoms with van der Waals surface area (Å²) in [6.45, 7) is 1.96. The number of hydrogen-bond acceptors (Lipinski definition) is 4. The van der Waals surface area contributed by atoms with Crippen molar-refractivity contribution in [2.75, 3.05) is 5.32 Å². The topological polar surface area (TPSA) is 72.7 Å². The second-order valence-corrected chi connectivity index (χ2v) is 6.23. The number of benzene rings is 1. The number of tetrazole rings is 1. The molecular weight excluding hydrogens is 334 g/mol. The number of nitrogens with one attached hydrogen (secondary N) is 1. The molecule has 0 aliphatic heterocycles. The van der Waals surface area contributed by atoms with E-state index >= 15 is 0 Å². The van der Waals surface area contributed by atoms with Crippen molar-refractivity contribution >= 4 is 27.5 Å². The molecule has 0 radical (unpaired) electrons. The van der Waals surface area contributed by atoms with Crippen LogP contribution in [0.2, 0.25) is 0 Å². The van der Waals surface area contributed by atoms with Crippen LogP contribution in [0.15, 0.2) is 24.3 Å². The standard InChI is InChI=1S/C14H16BrN5O/c1-2-12(15)14(21)16-10-5-3-9(4-6-10)13-17-18-19-20(13)11-7-8-11/h3-6,11-12H,2,7-8H2,1H3,(H,16,21). The third-order valence-electron chi connectivity index (χ3n) is 3.44. The molecule has 0 bridgehead atoms. The highest BCUT2D eigenvalue weighted by molar-refractivity contribution is 9.10. The Bertz CT molecular complexity index is 635. The Morgan fingerprint density at radius 1 is 1.43 bits per heavy atom. The lowest BCUT2D eigenvalue weighted by atomic mass is 10.2. The normalized spacial score (nSPS) is 15.7. The van der Waals surface area contributed by atoms with E-state index in [0.717, 1.165) is 36.3 Å². The Morgan fingerprint density at radius 3 is 2.76 bits per heavy atom. The average molecular weight is 350 g/mol. The van der Waals surface area contributed by atoms with E-state index in [-0.39, 0.29) is 10.7 Å². The van der Waals surface area contributed by atoms with Gasteiger partial charge in [0.15, 0.2) is 5.82 Å². The molecule has 1 atom stereocenters. The van der Waals surface area contributed by atoms with Crippen LogP contribution in [0.1, 0.15) is 32.2 Å². The molecule has 6 nitrogen and oxygen atoms in total. The molecule has 1 heterocycles. The molecule has 2 aromatic rings. The van der Waals surface area contributed by atoms with Crippen molar-refractivity contribution in [3.63, 3.8) is 0 Å². The van der Waals surface area contributed by atoms with Crippen LogP contribution in [0.5, 0.6) is 0 Å². The van der Waals surface area contributed by atoms with Gasteiger partial charge < -0.3 is 5.32 Å². The Labute approximate surface area is 131 Å². The van der Waals surface area contributed by atoms with E-state index in [4.69, 9.17) is 0 Å². The number of carbonyl (C=O) groups is 1. The molecule has 1 aliphatic carbocycles. The van der Waals surface area contributed by atoms with E-state index in [9.17, 15) is 4.79 Å². The lowest BCUT2D eigenvalue weighted by Crippen LogP contribution is -2.21. The quantitative estimate of drug-likeness (QED) is 0.842. The van der Waals surface area contributed by atoms with E-state index in [1.807, 2.05) is 35.9 Å². The highest BCUT2D eigenvalue weighted by atomic mass is 79.9. The van der Waals surface area contributed by atoms with Crippen LogP contribution in [0.25, 0.3) is 11.4 Å². The first kappa shape index (κ1) is 14.2. The van der Waals surface area contributed by atoms with Crippen LogP contribution in [-0.2, 0) is 4.79 Å². The zero-order chi connectivity index (χ0) is 14.8. The van der Waals surface area contributed by atoms with Crippen LogP contribution < -0.4 is 5.32 Å². The molecule has 1 N–H and O–H groups in total. The summed E-state index contributed by atoms with van der Waals surface area (Å²) in [6.07, 6.45) is 3.02. The highest BCUT2D eigenvalue weighted by Gasteiger charge is 2.28. The van der Waals surface area contributed by atoms with E-state index in [0.29, 0.717) is 6.04 Å².